The van der Waals surface area contributed by atoms with Gasteiger partial charge in [-0.25, -0.2) is 0 Å². The first kappa shape index (κ1) is 14.2. The molecule has 0 nitrogen and oxygen atoms in total. The summed E-state index contributed by atoms with van der Waals surface area (Å²) in [6, 6.07) is 31.1. The van der Waals surface area contributed by atoms with Crippen LogP contribution in [0.1, 0.15) is 0 Å². The van der Waals surface area contributed by atoms with E-state index in [0.717, 1.165) is 0 Å². The van der Waals surface area contributed by atoms with Crippen LogP contribution in [0.4, 0.5) is 0 Å². The minimum absolute atomic E-state index is 1.32. The summed E-state index contributed by atoms with van der Waals surface area (Å²) in [6.45, 7) is 4.91. The van der Waals surface area contributed by atoms with Crippen molar-refractivity contribution in [2.75, 3.05) is 0 Å². The fraction of sp³-hybridized carbons (Fsp3) is 0.0909. The molecule has 0 saturated heterocycles. The maximum atomic E-state index is 2.46. The summed E-state index contributed by atoms with van der Waals surface area (Å²) in [7, 11) is -1.74. The summed E-state index contributed by atoms with van der Waals surface area (Å²) in [6.07, 6.45) is 0. The van der Waals surface area contributed by atoms with Gasteiger partial charge in [0.15, 0.2) is 0 Å². The molecule has 23 heavy (non-hydrogen) atoms. The molecule has 0 bridgehead atoms. The molecule has 0 saturated carbocycles. The Hall–Kier alpha value is -2.38. The largest absolute Gasteiger partial charge is 0.113 e. The predicted octanol–water partition coefficient (Wildman–Crippen LogP) is 4.82. The summed E-state index contributed by atoms with van der Waals surface area (Å²) in [5.41, 5.74) is 0. The van der Waals surface area contributed by atoms with Crippen LogP contribution < -0.4 is 10.4 Å². The van der Waals surface area contributed by atoms with Gasteiger partial charge in [-0.3, -0.25) is 0 Å². The van der Waals surface area contributed by atoms with E-state index in [2.05, 4.69) is 98.0 Å². The van der Waals surface area contributed by atoms with Crippen LogP contribution in [-0.4, -0.2) is 8.07 Å². The van der Waals surface area contributed by atoms with E-state index in [9.17, 15) is 0 Å². The Balaban J connectivity index is 1.93. The van der Waals surface area contributed by atoms with E-state index >= 15 is 0 Å². The highest BCUT2D eigenvalue weighted by atomic mass is 28.3. The van der Waals surface area contributed by atoms with Crippen molar-refractivity contribution < 1.29 is 0 Å². The maximum absolute atomic E-state index is 2.46. The minimum atomic E-state index is -1.74. The van der Waals surface area contributed by atoms with Gasteiger partial charge in [-0.1, -0.05) is 103 Å². The average Bonchev–Trinajstić information content (AvgIpc) is 2.60. The Labute approximate surface area is 138 Å². The van der Waals surface area contributed by atoms with E-state index in [1.54, 1.807) is 0 Å². The van der Waals surface area contributed by atoms with Gasteiger partial charge in [0, 0.05) is 0 Å². The van der Waals surface area contributed by atoms with Crippen LogP contribution >= 0.6 is 0 Å². The van der Waals surface area contributed by atoms with E-state index in [-0.39, 0.29) is 0 Å². The van der Waals surface area contributed by atoms with Crippen LogP contribution in [0.25, 0.3) is 21.5 Å². The lowest BCUT2D eigenvalue weighted by Gasteiger charge is -2.26. The normalized spacial score (nSPS) is 11.9. The molecule has 0 radical (unpaired) electrons. The first-order chi connectivity index (χ1) is 11.2. The quantitative estimate of drug-likeness (QED) is 0.466. The molecule has 0 N–H and O–H groups in total. The molecule has 0 fully saturated rings. The second-order valence-electron chi connectivity index (χ2n) is 6.71. The van der Waals surface area contributed by atoms with Gasteiger partial charge in [-0.15, -0.1) is 0 Å². The SMILES string of the molecule is C[Si](C)(c1ccc2ccccc2c1)c1cccc2ccccc12. The molecule has 112 valence electrons. The number of hydrogen-bond acceptors (Lipinski definition) is 0. The standard InChI is InChI=1S/C22H20Si/c1-23(2,20-15-14-17-8-3-4-10-19(17)16-20)22-13-7-11-18-9-5-6-12-21(18)22/h3-16H,1-2H3. The van der Waals surface area contributed by atoms with Gasteiger partial charge < -0.3 is 0 Å². The van der Waals surface area contributed by atoms with E-state index < -0.39 is 8.07 Å². The molecule has 0 heterocycles. The van der Waals surface area contributed by atoms with E-state index in [1.165, 1.54) is 31.9 Å². The van der Waals surface area contributed by atoms with Crippen molar-refractivity contribution in [2.45, 2.75) is 13.1 Å². The van der Waals surface area contributed by atoms with Crippen LogP contribution in [0.5, 0.6) is 0 Å². The summed E-state index contributed by atoms with van der Waals surface area (Å²) in [5.74, 6) is 0. The van der Waals surface area contributed by atoms with Gasteiger partial charge in [0.25, 0.3) is 0 Å². The van der Waals surface area contributed by atoms with Gasteiger partial charge in [-0.2, -0.15) is 0 Å². The molecule has 0 aromatic heterocycles. The molecule has 4 aromatic carbocycles. The topological polar surface area (TPSA) is 0 Å². The maximum Gasteiger partial charge on any atom is 0.113 e. The second kappa shape index (κ2) is 5.36. The van der Waals surface area contributed by atoms with Gasteiger partial charge in [0.1, 0.15) is 8.07 Å². The van der Waals surface area contributed by atoms with E-state index in [1.807, 2.05) is 0 Å². The van der Waals surface area contributed by atoms with Crippen molar-refractivity contribution in [3.05, 3.63) is 84.9 Å². The molecule has 4 aromatic rings. The Morgan fingerprint density at radius 3 is 2.04 bits per heavy atom. The molecular formula is C22H20Si. The molecule has 0 aliphatic rings. The van der Waals surface area contributed by atoms with Crippen LogP contribution in [0.3, 0.4) is 0 Å². The smallest absolute Gasteiger partial charge is 0.0620 e. The third-order valence-electron chi connectivity index (χ3n) is 4.93. The Kier molecular flexibility index (Phi) is 3.31. The number of benzene rings is 4. The van der Waals surface area contributed by atoms with E-state index in [0.29, 0.717) is 0 Å². The fourth-order valence-electron chi connectivity index (χ4n) is 3.50. The summed E-state index contributed by atoms with van der Waals surface area (Å²) in [5, 5.41) is 8.41. The van der Waals surface area contributed by atoms with E-state index in [4.69, 9.17) is 0 Å². The molecule has 0 unspecified atom stereocenters. The molecule has 0 spiro atoms. The molecule has 0 aliphatic heterocycles. The fourth-order valence-corrected chi connectivity index (χ4v) is 6.25. The molecular weight excluding hydrogens is 292 g/mol. The van der Waals surface area contributed by atoms with Crippen molar-refractivity contribution in [3.8, 4) is 0 Å². The van der Waals surface area contributed by atoms with Crippen LogP contribution in [0.15, 0.2) is 84.9 Å². The van der Waals surface area contributed by atoms with Gasteiger partial charge in [0.2, 0.25) is 0 Å². The number of rotatable bonds is 2. The Morgan fingerprint density at radius 1 is 0.565 bits per heavy atom. The van der Waals surface area contributed by atoms with Crippen molar-refractivity contribution >= 4 is 40.0 Å². The van der Waals surface area contributed by atoms with Crippen LogP contribution in [0.2, 0.25) is 13.1 Å². The van der Waals surface area contributed by atoms with Crippen molar-refractivity contribution in [2.24, 2.45) is 0 Å². The third kappa shape index (κ3) is 2.38. The first-order valence-corrected chi connectivity index (χ1v) is 11.1. The summed E-state index contributed by atoms with van der Waals surface area (Å²) in [4.78, 5) is 0. The lowest BCUT2D eigenvalue weighted by Crippen LogP contribution is -2.53. The zero-order valence-electron chi connectivity index (χ0n) is 13.6. The molecule has 0 atom stereocenters. The highest BCUT2D eigenvalue weighted by Gasteiger charge is 2.27. The lowest BCUT2D eigenvalue weighted by atomic mass is 10.1. The predicted molar refractivity (Wildman–Crippen MR) is 105 cm³/mol. The number of hydrogen-bond donors (Lipinski definition) is 0. The zero-order chi connectivity index (χ0) is 15.9. The molecule has 1 heteroatoms. The van der Waals surface area contributed by atoms with Crippen molar-refractivity contribution in [1.82, 2.24) is 0 Å². The second-order valence-corrected chi connectivity index (χ2v) is 11.1. The van der Waals surface area contributed by atoms with Gasteiger partial charge in [0.05, 0.1) is 0 Å². The zero-order valence-corrected chi connectivity index (χ0v) is 14.6. The van der Waals surface area contributed by atoms with Crippen molar-refractivity contribution in [1.29, 1.82) is 0 Å². The Morgan fingerprint density at radius 2 is 1.22 bits per heavy atom. The highest BCUT2D eigenvalue weighted by molar-refractivity contribution is 7.01. The lowest BCUT2D eigenvalue weighted by molar-refractivity contribution is 1.71. The van der Waals surface area contributed by atoms with Crippen LogP contribution in [-0.2, 0) is 0 Å². The van der Waals surface area contributed by atoms with Gasteiger partial charge in [-0.05, 0) is 26.7 Å². The minimum Gasteiger partial charge on any atom is -0.0620 e. The monoisotopic (exact) mass is 312 g/mol. The van der Waals surface area contributed by atoms with Crippen LogP contribution in [0, 0.1) is 0 Å². The Bertz CT molecular complexity index is 993. The molecule has 4 rings (SSSR count). The first-order valence-electron chi connectivity index (χ1n) is 8.14. The van der Waals surface area contributed by atoms with Gasteiger partial charge >= 0.3 is 0 Å². The average molecular weight is 312 g/mol. The highest BCUT2D eigenvalue weighted by Crippen LogP contribution is 2.18. The molecule has 0 amide bonds. The summed E-state index contributed by atoms with van der Waals surface area (Å²) < 4.78 is 0. The third-order valence-corrected chi connectivity index (χ3v) is 8.47. The summed E-state index contributed by atoms with van der Waals surface area (Å²) >= 11 is 0. The van der Waals surface area contributed by atoms with Crippen molar-refractivity contribution in [3.63, 3.8) is 0 Å². The molecule has 0 aliphatic carbocycles. The number of fused-ring (bicyclic) bond motifs is 2.